The first kappa shape index (κ1) is 14.4. The Labute approximate surface area is 104 Å². The van der Waals surface area contributed by atoms with Gasteiger partial charge in [-0.05, 0) is 39.2 Å². The Hall–Kier alpha value is -0.630. The molecule has 0 aromatic heterocycles. The molecule has 0 aliphatic heterocycles. The molecule has 1 saturated carbocycles. The fraction of sp³-hybridized carbons (Fsp3) is 0.923. The van der Waals surface area contributed by atoms with Crippen LogP contribution in [0.1, 0.15) is 33.6 Å². The molecule has 1 aliphatic rings. The summed E-state index contributed by atoms with van der Waals surface area (Å²) in [7, 11) is 0. The third-order valence-electron chi connectivity index (χ3n) is 2.97. The zero-order valence-electron chi connectivity index (χ0n) is 11.2. The number of hydrogen-bond acceptors (Lipinski definition) is 4. The number of likely N-dealkylation sites (N-methyl/N-ethyl adjacent to an activating group) is 1. The molecule has 1 aliphatic carbocycles. The molecule has 4 nitrogen and oxygen atoms in total. The van der Waals surface area contributed by atoms with Gasteiger partial charge in [-0.3, -0.25) is 5.32 Å². The number of hydrogen-bond donors (Lipinski definition) is 1. The highest BCUT2D eigenvalue weighted by Gasteiger charge is 2.45. The lowest BCUT2D eigenvalue weighted by atomic mass is 9.96. The van der Waals surface area contributed by atoms with Crippen LogP contribution in [-0.2, 0) is 9.47 Å². The van der Waals surface area contributed by atoms with Crippen LogP contribution >= 0.6 is 0 Å². The number of nitrogens with zero attached hydrogens (tertiary/aromatic N) is 1. The van der Waals surface area contributed by atoms with Crippen LogP contribution in [0.2, 0.25) is 0 Å². The molecule has 1 N–H and O–H groups in total. The topological polar surface area (TPSA) is 54.3 Å². The molecule has 0 radical (unpaired) electrons. The van der Waals surface area contributed by atoms with Crippen LogP contribution in [0.5, 0.6) is 0 Å². The summed E-state index contributed by atoms with van der Waals surface area (Å²) < 4.78 is 11.0. The average molecular weight is 240 g/mol. The van der Waals surface area contributed by atoms with Crippen LogP contribution < -0.4 is 5.32 Å². The quantitative estimate of drug-likeness (QED) is 0.623. The minimum absolute atomic E-state index is 0.233. The zero-order chi connectivity index (χ0) is 12.7. The van der Waals surface area contributed by atoms with Crippen LogP contribution in [0.4, 0.5) is 0 Å². The molecule has 0 aromatic carbocycles. The highest BCUT2D eigenvalue weighted by molar-refractivity contribution is 5.15. The van der Waals surface area contributed by atoms with Gasteiger partial charge in [-0.25, -0.2) is 0 Å². The van der Waals surface area contributed by atoms with Crippen molar-refractivity contribution in [2.45, 2.75) is 45.3 Å². The van der Waals surface area contributed by atoms with Crippen LogP contribution in [0, 0.1) is 17.2 Å². The summed E-state index contributed by atoms with van der Waals surface area (Å²) in [5, 5.41) is 12.6. The van der Waals surface area contributed by atoms with Gasteiger partial charge >= 0.3 is 0 Å². The van der Waals surface area contributed by atoms with Crippen molar-refractivity contribution in [3.05, 3.63) is 0 Å². The molecule has 1 rings (SSSR count). The third kappa shape index (κ3) is 4.63. The second kappa shape index (κ2) is 6.95. The van der Waals surface area contributed by atoms with Crippen LogP contribution in [0.3, 0.4) is 0 Å². The first-order chi connectivity index (χ1) is 8.14. The minimum atomic E-state index is -0.480. The summed E-state index contributed by atoms with van der Waals surface area (Å²) >= 11 is 0. The van der Waals surface area contributed by atoms with Crippen molar-refractivity contribution in [1.29, 1.82) is 5.26 Å². The van der Waals surface area contributed by atoms with Gasteiger partial charge in [-0.2, -0.15) is 5.26 Å². The number of ether oxygens (including phenoxy) is 2. The van der Waals surface area contributed by atoms with Crippen molar-refractivity contribution in [3.63, 3.8) is 0 Å². The van der Waals surface area contributed by atoms with E-state index in [2.05, 4.69) is 11.4 Å². The molecule has 1 fully saturated rings. The predicted octanol–water partition coefficient (Wildman–Crippen LogP) is 1.71. The average Bonchev–Trinajstić information content (AvgIpc) is 3.11. The van der Waals surface area contributed by atoms with Crippen molar-refractivity contribution in [2.24, 2.45) is 5.92 Å². The van der Waals surface area contributed by atoms with E-state index in [1.165, 1.54) is 0 Å². The molecule has 0 spiro atoms. The molecule has 98 valence electrons. The normalized spacial score (nSPS) is 19.0. The van der Waals surface area contributed by atoms with E-state index < -0.39 is 5.54 Å². The van der Waals surface area contributed by atoms with Crippen molar-refractivity contribution in [1.82, 2.24) is 5.32 Å². The molecule has 0 saturated heterocycles. The molecule has 0 heterocycles. The van der Waals surface area contributed by atoms with Gasteiger partial charge < -0.3 is 9.47 Å². The monoisotopic (exact) mass is 240 g/mol. The van der Waals surface area contributed by atoms with Crippen molar-refractivity contribution >= 4 is 0 Å². The van der Waals surface area contributed by atoms with Crippen LogP contribution in [0.25, 0.3) is 0 Å². The summed E-state index contributed by atoms with van der Waals surface area (Å²) in [5.74, 6) is 0.457. The van der Waals surface area contributed by atoms with E-state index in [-0.39, 0.29) is 6.10 Å². The first-order valence-corrected chi connectivity index (χ1v) is 6.50. The number of rotatable bonds is 9. The predicted molar refractivity (Wildman–Crippen MR) is 66.7 cm³/mol. The molecule has 0 aromatic rings. The standard InChI is InChI=1S/C13H24N2O2/c1-4-15-13(9-14,12-5-6-12)10-16-7-8-17-11(2)3/h11-12,15H,4-8,10H2,1-3H3. The maximum Gasteiger partial charge on any atom is 0.133 e. The van der Waals surface area contributed by atoms with E-state index in [4.69, 9.17) is 9.47 Å². The lowest BCUT2D eigenvalue weighted by Crippen LogP contribution is -2.50. The molecule has 4 heteroatoms. The summed E-state index contributed by atoms with van der Waals surface area (Å²) in [6, 6.07) is 2.40. The number of nitrogens with one attached hydrogen (secondary N) is 1. The number of nitriles is 1. The molecule has 0 bridgehead atoms. The fourth-order valence-electron chi connectivity index (χ4n) is 1.94. The minimum Gasteiger partial charge on any atom is -0.376 e. The Balaban J connectivity index is 2.27. The van der Waals surface area contributed by atoms with Gasteiger partial charge in [0.1, 0.15) is 5.54 Å². The molecule has 1 unspecified atom stereocenters. The summed E-state index contributed by atoms with van der Waals surface area (Å²) in [5.41, 5.74) is -0.480. The molecule has 1 atom stereocenters. The maximum absolute atomic E-state index is 9.34. The van der Waals surface area contributed by atoms with Crippen LogP contribution in [-0.4, -0.2) is 38.0 Å². The van der Waals surface area contributed by atoms with E-state index in [0.29, 0.717) is 25.7 Å². The molecular weight excluding hydrogens is 216 g/mol. The highest BCUT2D eigenvalue weighted by Crippen LogP contribution is 2.39. The van der Waals surface area contributed by atoms with Gasteiger partial charge in [0.05, 0.1) is 32.0 Å². The Morgan fingerprint density at radius 1 is 1.41 bits per heavy atom. The molecule has 17 heavy (non-hydrogen) atoms. The van der Waals surface area contributed by atoms with E-state index in [0.717, 1.165) is 19.4 Å². The van der Waals surface area contributed by atoms with Gasteiger partial charge in [-0.15, -0.1) is 0 Å². The van der Waals surface area contributed by atoms with E-state index >= 15 is 0 Å². The van der Waals surface area contributed by atoms with Gasteiger partial charge in [0.15, 0.2) is 0 Å². The van der Waals surface area contributed by atoms with Gasteiger partial charge in [0.2, 0.25) is 0 Å². The van der Waals surface area contributed by atoms with E-state index in [1.807, 2.05) is 20.8 Å². The first-order valence-electron chi connectivity index (χ1n) is 6.50. The highest BCUT2D eigenvalue weighted by atomic mass is 16.5. The van der Waals surface area contributed by atoms with Gasteiger partial charge in [0, 0.05) is 0 Å². The van der Waals surface area contributed by atoms with Gasteiger partial charge in [0.25, 0.3) is 0 Å². The Kier molecular flexibility index (Phi) is 5.90. The summed E-state index contributed by atoms with van der Waals surface area (Å²) in [6.07, 6.45) is 2.50. The SMILES string of the molecule is CCNC(C#N)(COCCOC(C)C)C1CC1. The second-order valence-corrected chi connectivity index (χ2v) is 4.86. The Morgan fingerprint density at radius 3 is 2.59 bits per heavy atom. The summed E-state index contributed by atoms with van der Waals surface area (Å²) in [6.45, 7) is 8.44. The Bertz CT molecular complexity index is 259. The lowest BCUT2D eigenvalue weighted by molar-refractivity contribution is 0.00482. The van der Waals surface area contributed by atoms with Crippen molar-refractivity contribution in [2.75, 3.05) is 26.4 Å². The Morgan fingerprint density at radius 2 is 2.12 bits per heavy atom. The third-order valence-corrected chi connectivity index (χ3v) is 2.97. The van der Waals surface area contributed by atoms with E-state index in [1.54, 1.807) is 0 Å². The largest absolute Gasteiger partial charge is 0.376 e. The van der Waals surface area contributed by atoms with Crippen molar-refractivity contribution < 1.29 is 9.47 Å². The zero-order valence-corrected chi connectivity index (χ0v) is 11.2. The van der Waals surface area contributed by atoms with E-state index in [9.17, 15) is 5.26 Å². The fourth-order valence-corrected chi connectivity index (χ4v) is 1.94. The lowest BCUT2D eigenvalue weighted by Gasteiger charge is -2.27. The second-order valence-electron chi connectivity index (χ2n) is 4.86. The van der Waals surface area contributed by atoms with Gasteiger partial charge in [-0.1, -0.05) is 6.92 Å². The smallest absolute Gasteiger partial charge is 0.133 e. The summed E-state index contributed by atoms with van der Waals surface area (Å²) in [4.78, 5) is 0. The van der Waals surface area contributed by atoms with Crippen molar-refractivity contribution in [3.8, 4) is 6.07 Å². The van der Waals surface area contributed by atoms with Crippen LogP contribution in [0.15, 0.2) is 0 Å². The molecule has 0 amide bonds. The molecular formula is C13H24N2O2. The maximum atomic E-state index is 9.34.